The zero-order valence-electron chi connectivity index (χ0n) is 20.1. The van der Waals surface area contributed by atoms with Gasteiger partial charge >= 0.3 is 12.2 Å². The first-order valence-electron chi connectivity index (χ1n) is 11.6. The van der Waals surface area contributed by atoms with Crippen LogP contribution in [0.2, 0.25) is 5.02 Å². The zero-order chi connectivity index (χ0) is 27.4. The van der Waals surface area contributed by atoms with Crippen molar-refractivity contribution >= 4 is 29.1 Å². The molecule has 0 saturated carbocycles. The number of nitro benzene ring substituents is 1. The third kappa shape index (κ3) is 6.28. The van der Waals surface area contributed by atoms with Crippen LogP contribution in [-0.2, 0) is 12.6 Å². The number of aromatic nitrogens is 3. The highest BCUT2D eigenvalue weighted by Gasteiger charge is 2.30. The van der Waals surface area contributed by atoms with Crippen LogP contribution in [0.1, 0.15) is 34.2 Å². The Morgan fingerprint density at radius 1 is 1.11 bits per heavy atom. The normalized spacial score (nSPS) is 13.9. The molecule has 10 nitrogen and oxygen atoms in total. The van der Waals surface area contributed by atoms with Gasteiger partial charge in [0.15, 0.2) is 0 Å². The molecule has 1 aliphatic rings. The molecule has 2 aromatic carbocycles. The van der Waals surface area contributed by atoms with Crippen molar-refractivity contribution in [2.45, 2.75) is 19.5 Å². The summed E-state index contributed by atoms with van der Waals surface area (Å²) in [5.74, 6) is 0.143. The van der Waals surface area contributed by atoms with Gasteiger partial charge in [-0.3, -0.25) is 14.9 Å². The molecule has 0 aliphatic carbocycles. The Kier molecular flexibility index (Phi) is 7.95. The van der Waals surface area contributed by atoms with E-state index in [9.17, 15) is 28.1 Å². The van der Waals surface area contributed by atoms with Crippen molar-refractivity contribution in [3.8, 4) is 6.01 Å². The van der Waals surface area contributed by atoms with Crippen LogP contribution in [0.15, 0.2) is 42.5 Å². The number of amides is 1. The van der Waals surface area contributed by atoms with Crippen LogP contribution < -0.4 is 9.64 Å². The molecule has 0 bridgehead atoms. The van der Waals surface area contributed by atoms with E-state index in [0.29, 0.717) is 18.7 Å². The number of benzene rings is 2. The van der Waals surface area contributed by atoms with Crippen molar-refractivity contribution in [2.24, 2.45) is 0 Å². The Hall–Kier alpha value is -4.00. The van der Waals surface area contributed by atoms with Gasteiger partial charge in [-0.1, -0.05) is 29.8 Å². The Labute approximate surface area is 220 Å². The Balaban J connectivity index is 1.49. The number of rotatable bonds is 7. The van der Waals surface area contributed by atoms with Gasteiger partial charge in [-0.2, -0.15) is 28.1 Å². The van der Waals surface area contributed by atoms with E-state index < -0.39 is 16.7 Å². The number of piperazine rings is 1. The molecule has 1 amide bonds. The fourth-order valence-electron chi connectivity index (χ4n) is 3.92. The monoisotopic (exact) mass is 550 g/mol. The lowest BCUT2D eigenvalue weighted by Gasteiger charge is -2.34. The van der Waals surface area contributed by atoms with E-state index in [-0.39, 0.29) is 66.1 Å². The summed E-state index contributed by atoms with van der Waals surface area (Å²) in [6, 6.07) is 8.88. The average Bonchev–Trinajstić information content (AvgIpc) is 2.88. The van der Waals surface area contributed by atoms with E-state index in [1.165, 1.54) is 18.2 Å². The maximum atomic E-state index is 13.1. The fraction of sp³-hybridized carbons (Fsp3) is 0.333. The summed E-state index contributed by atoms with van der Waals surface area (Å²) in [5, 5.41) is 11.1. The van der Waals surface area contributed by atoms with Gasteiger partial charge in [-0.25, -0.2) is 0 Å². The van der Waals surface area contributed by atoms with E-state index in [1.807, 2.05) is 4.90 Å². The quantitative estimate of drug-likeness (QED) is 0.314. The molecule has 200 valence electrons. The van der Waals surface area contributed by atoms with Gasteiger partial charge in [0.05, 0.1) is 17.1 Å². The predicted molar refractivity (Wildman–Crippen MR) is 131 cm³/mol. The van der Waals surface area contributed by atoms with Gasteiger partial charge in [0, 0.05) is 44.2 Å². The number of ether oxygens (including phenoxy) is 1. The predicted octanol–water partition coefficient (Wildman–Crippen LogP) is 4.40. The van der Waals surface area contributed by atoms with Crippen LogP contribution in [-0.4, -0.2) is 63.5 Å². The molecule has 14 heteroatoms. The van der Waals surface area contributed by atoms with Crippen molar-refractivity contribution in [2.75, 3.05) is 37.7 Å². The summed E-state index contributed by atoms with van der Waals surface area (Å²) in [6.45, 7) is 3.30. The lowest BCUT2D eigenvalue weighted by atomic mass is 10.1. The second-order valence-electron chi connectivity index (χ2n) is 8.34. The first-order chi connectivity index (χ1) is 18.0. The molecule has 1 aliphatic heterocycles. The molecule has 1 fully saturated rings. The number of anilines is 1. The highest BCUT2D eigenvalue weighted by atomic mass is 35.5. The standard InChI is InChI=1S/C24H22ClF3N6O4/c1-2-38-23-30-20(13-15-4-3-5-17(12-15)24(26,27)28)29-22(31-23)33-10-8-32(9-11-33)21(35)16-6-7-18(25)19(14-16)34(36)37/h3-7,12,14H,2,8-11,13H2,1H3. The minimum absolute atomic E-state index is 0.0350. The van der Waals surface area contributed by atoms with Crippen molar-refractivity contribution in [1.82, 2.24) is 19.9 Å². The highest BCUT2D eigenvalue weighted by Crippen LogP contribution is 2.30. The third-order valence-corrected chi connectivity index (χ3v) is 6.10. The highest BCUT2D eigenvalue weighted by molar-refractivity contribution is 6.32. The third-order valence-electron chi connectivity index (χ3n) is 5.78. The number of hydrogen-bond acceptors (Lipinski definition) is 8. The minimum atomic E-state index is -4.47. The van der Waals surface area contributed by atoms with Gasteiger partial charge in [-0.15, -0.1) is 0 Å². The average molecular weight is 551 g/mol. The Morgan fingerprint density at radius 3 is 2.50 bits per heavy atom. The molecule has 3 aromatic rings. The van der Waals surface area contributed by atoms with Gasteiger partial charge in [0.2, 0.25) is 5.95 Å². The molecular weight excluding hydrogens is 529 g/mol. The molecule has 1 saturated heterocycles. The van der Waals surface area contributed by atoms with Gasteiger partial charge in [-0.05, 0) is 30.7 Å². The van der Waals surface area contributed by atoms with Gasteiger partial charge in [0.1, 0.15) is 10.8 Å². The molecule has 0 N–H and O–H groups in total. The van der Waals surface area contributed by atoms with Crippen molar-refractivity contribution in [3.63, 3.8) is 0 Å². The molecule has 4 rings (SSSR count). The van der Waals surface area contributed by atoms with Crippen LogP contribution in [0.4, 0.5) is 24.8 Å². The van der Waals surface area contributed by atoms with Crippen molar-refractivity contribution in [1.29, 1.82) is 0 Å². The Bertz CT molecular complexity index is 1350. The molecule has 0 radical (unpaired) electrons. The molecular formula is C24H22ClF3N6O4. The first-order valence-corrected chi connectivity index (χ1v) is 11.9. The summed E-state index contributed by atoms with van der Waals surface area (Å²) in [5.41, 5.74) is -0.581. The summed E-state index contributed by atoms with van der Waals surface area (Å²) < 4.78 is 44.8. The summed E-state index contributed by atoms with van der Waals surface area (Å²) in [4.78, 5) is 39.8. The van der Waals surface area contributed by atoms with E-state index >= 15 is 0 Å². The maximum absolute atomic E-state index is 13.1. The van der Waals surface area contributed by atoms with Crippen LogP contribution in [0.25, 0.3) is 0 Å². The van der Waals surface area contributed by atoms with Crippen LogP contribution in [0.5, 0.6) is 6.01 Å². The largest absolute Gasteiger partial charge is 0.464 e. The molecule has 0 atom stereocenters. The van der Waals surface area contributed by atoms with Crippen LogP contribution >= 0.6 is 11.6 Å². The number of hydrogen-bond donors (Lipinski definition) is 0. The second-order valence-corrected chi connectivity index (χ2v) is 8.75. The molecule has 1 aromatic heterocycles. The Morgan fingerprint density at radius 2 is 1.84 bits per heavy atom. The maximum Gasteiger partial charge on any atom is 0.416 e. The number of nitrogens with zero attached hydrogens (tertiary/aromatic N) is 6. The fourth-order valence-corrected chi connectivity index (χ4v) is 4.10. The second kappa shape index (κ2) is 11.2. The van der Waals surface area contributed by atoms with E-state index in [0.717, 1.165) is 18.2 Å². The SMILES string of the molecule is CCOc1nc(Cc2cccc(C(F)(F)F)c2)nc(N2CCN(C(=O)c3ccc(Cl)c([N+](=O)[O-])c3)CC2)n1. The van der Waals surface area contributed by atoms with Gasteiger partial charge in [0.25, 0.3) is 11.6 Å². The number of carbonyl (C=O) groups excluding carboxylic acids is 1. The molecule has 38 heavy (non-hydrogen) atoms. The number of halogens is 4. The van der Waals surface area contributed by atoms with Crippen LogP contribution in [0, 0.1) is 10.1 Å². The molecule has 0 spiro atoms. The number of carbonyl (C=O) groups is 1. The molecule has 0 unspecified atom stereocenters. The molecule has 2 heterocycles. The summed E-state index contributed by atoms with van der Waals surface area (Å²) in [6.07, 6.45) is -4.43. The topological polar surface area (TPSA) is 115 Å². The van der Waals surface area contributed by atoms with Crippen molar-refractivity contribution < 1.29 is 27.6 Å². The van der Waals surface area contributed by atoms with E-state index in [2.05, 4.69) is 15.0 Å². The van der Waals surface area contributed by atoms with Gasteiger partial charge < -0.3 is 14.5 Å². The lowest BCUT2D eigenvalue weighted by Crippen LogP contribution is -2.49. The first kappa shape index (κ1) is 27.0. The number of alkyl halides is 3. The summed E-state index contributed by atoms with van der Waals surface area (Å²) >= 11 is 5.84. The van der Waals surface area contributed by atoms with Crippen LogP contribution in [0.3, 0.4) is 0 Å². The minimum Gasteiger partial charge on any atom is -0.464 e. The van der Waals surface area contributed by atoms with E-state index in [4.69, 9.17) is 16.3 Å². The smallest absolute Gasteiger partial charge is 0.416 e. The van der Waals surface area contributed by atoms with E-state index in [1.54, 1.807) is 17.9 Å². The lowest BCUT2D eigenvalue weighted by molar-refractivity contribution is -0.384. The summed E-state index contributed by atoms with van der Waals surface area (Å²) in [7, 11) is 0. The van der Waals surface area contributed by atoms with Crippen molar-refractivity contribution in [3.05, 3.63) is 80.1 Å². The number of nitro groups is 1. The zero-order valence-corrected chi connectivity index (χ0v) is 20.9.